The lowest BCUT2D eigenvalue weighted by molar-refractivity contribution is 0.0174. The number of rotatable bonds is 4. The maximum Gasteiger partial charge on any atom is 0.270 e. The third-order valence-corrected chi connectivity index (χ3v) is 4.92. The first-order valence-electron chi connectivity index (χ1n) is 8.84. The van der Waals surface area contributed by atoms with Crippen LogP contribution < -0.4 is 4.90 Å². The molecular weight excluding hydrogens is 334 g/mol. The van der Waals surface area contributed by atoms with Gasteiger partial charge in [-0.2, -0.15) is 0 Å². The van der Waals surface area contributed by atoms with E-state index in [0.717, 1.165) is 31.0 Å². The number of halogens is 2. The van der Waals surface area contributed by atoms with E-state index in [2.05, 4.69) is 6.07 Å². The van der Waals surface area contributed by atoms with Gasteiger partial charge in [0.25, 0.3) is 11.8 Å². The third-order valence-electron chi connectivity index (χ3n) is 4.92. The van der Waals surface area contributed by atoms with Gasteiger partial charge in [-0.25, -0.2) is 8.78 Å². The van der Waals surface area contributed by atoms with E-state index in [1.165, 1.54) is 24.3 Å². The molecule has 0 N–H and O–H groups in total. The minimum atomic E-state index is -2.90. The number of amides is 1. The molecule has 0 aromatic heterocycles. The van der Waals surface area contributed by atoms with Crippen molar-refractivity contribution in [2.45, 2.75) is 31.7 Å². The Morgan fingerprint density at radius 3 is 2.46 bits per heavy atom. The molecule has 1 aliphatic heterocycles. The van der Waals surface area contributed by atoms with Crippen LogP contribution in [0.3, 0.4) is 0 Å². The van der Waals surface area contributed by atoms with Gasteiger partial charge in [0, 0.05) is 44.4 Å². The lowest BCUT2D eigenvalue weighted by atomic mass is 10.0. The number of alkyl halides is 2. The van der Waals surface area contributed by atoms with E-state index in [-0.39, 0.29) is 17.5 Å². The van der Waals surface area contributed by atoms with Crippen LogP contribution in [0.15, 0.2) is 48.5 Å². The summed E-state index contributed by atoms with van der Waals surface area (Å²) in [7, 11) is 3.98. The van der Waals surface area contributed by atoms with Gasteiger partial charge >= 0.3 is 0 Å². The Kier molecular flexibility index (Phi) is 4.99. The number of anilines is 1. The van der Waals surface area contributed by atoms with Gasteiger partial charge in [0.1, 0.15) is 0 Å². The fourth-order valence-electron chi connectivity index (χ4n) is 3.44. The predicted octanol–water partition coefficient (Wildman–Crippen LogP) is 4.84. The predicted molar refractivity (Wildman–Crippen MR) is 99.8 cm³/mol. The molecule has 138 valence electrons. The normalized spacial score (nSPS) is 17.4. The van der Waals surface area contributed by atoms with Crippen molar-refractivity contribution in [3.8, 4) is 0 Å². The number of nitrogens with zero attached hydrogens (tertiary/aromatic N) is 2. The molecule has 1 fully saturated rings. The summed E-state index contributed by atoms with van der Waals surface area (Å²) in [5.74, 6) is -3.00. The van der Waals surface area contributed by atoms with E-state index in [9.17, 15) is 13.6 Å². The molecule has 26 heavy (non-hydrogen) atoms. The number of likely N-dealkylation sites (tertiary alicyclic amines) is 1. The molecule has 3 nitrogen and oxygen atoms in total. The van der Waals surface area contributed by atoms with E-state index in [1.54, 1.807) is 0 Å². The fourth-order valence-corrected chi connectivity index (χ4v) is 3.44. The molecule has 1 heterocycles. The molecule has 1 atom stereocenters. The van der Waals surface area contributed by atoms with Crippen LogP contribution in [0.4, 0.5) is 14.5 Å². The Morgan fingerprint density at radius 2 is 1.85 bits per heavy atom. The van der Waals surface area contributed by atoms with Gasteiger partial charge in [-0.1, -0.05) is 24.3 Å². The van der Waals surface area contributed by atoms with E-state index in [4.69, 9.17) is 0 Å². The van der Waals surface area contributed by atoms with Crippen molar-refractivity contribution in [2.24, 2.45) is 0 Å². The molecule has 1 unspecified atom stereocenters. The Morgan fingerprint density at radius 1 is 1.15 bits per heavy atom. The Bertz CT molecular complexity index is 781. The van der Waals surface area contributed by atoms with Gasteiger partial charge in [-0.05, 0) is 42.7 Å². The van der Waals surface area contributed by atoms with Crippen LogP contribution in [0.1, 0.15) is 47.3 Å². The molecule has 2 aromatic carbocycles. The summed E-state index contributed by atoms with van der Waals surface area (Å²) in [5.41, 5.74) is 2.58. The first kappa shape index (κ1) is 18.4. The quantitative estimate of drug-likeness (QED) is 0.781. The van der Waals surface area contributed by atoms with Crippen LogP contribution in [-0.2, 0) is 5.92 Å². The number of carbonyl (C=O) groups is 1. The molecule has 0 aliphatic carbocycles. The lowest BCUT2D eigenvalue weighted by Gasteiger charge is -2.26. The number of benzene rings is 2. The summed E-state index contributed by atoms with van der Waals surface area (Å²) >= 11 is 0. The summed E-state index contributed by atoms with van der Waals surface area (Å²) in [6.45, 7) is 1.54. The molecular formula is C21H24F2N2O. The van der Waals surface area contributed by atoms with Gasteiger partial charge in [0.15, 0.2) is 0 Å². The Balaban J connectivity index is 1.84. The standard InChI is InChI=1S/C21H24F2N2O/c1-21(22,23)17-11-9-15(10-12-17)20(26)25-13-5-8-19(25)16-6-4-7-18(14-16)24(2)3/h4,6-7,9-12,14,19H,5,8,13H2,1-3H3. The van der Waals surface area contributed by atoms with Crippen LogP contribution in [0.25, 0.3) is 0 Å². The average molecular weight is 358 g/mol. The maximum absolute atomic E-state index is 13.4. The van der Waals surface area contributed by atoms with Crippen molar-refractivity contribution < 1.29 is 13.6 Å². The highest BCUT2D eigenvalue weighted by Gasteiger charge is 2.31. The maximum atomic E-state index is 13.4. The molecule has 5 heteroatoms. The summed E-state index contributed by atoms with van der Waals surface area (Å²) in [6, 6.07) is 13.9. The summed E-state index contributed by atoms with van der Waals surface area (Å²) in [5, 5.41) is 0. The second kappa shape index (κ2) is 7.06. The van der Waals surface area contributed by atoms with Gasteiger partial charge < -0.3 is 9.80 Å². The van der Waals surface area contributed by atoms with Crippen LogP contribution in [0.2, 0.25) is 0 Å². The highest BCUT2D eigenvalue weighted by Crippen LogP contribution is 2.35. The van der Waals surface area contributed by atoms with Crippen molar-refractivity contribution in [1.29, 1.82) is 0 Å². The lowest BCUT2D eigenvalue weighted by Crippen LogP contribution is -2.30. The Hall–Kier alpha value is -2.43. The third kappa shape index (κ3) is 3.71. The Labute approximate surface area is 153 Å². The van der Waals surface area contributed by atoms with Crippen molar-refractivity contribution in [2.75, 3.05) is 25.5 Å². The van der Waals surface area contributed by atoms with E-state index >= 15 is 0 Å². The van der Waals surface area contributed by atoms with Crippen LogP contribution in [0, 0.1) is 0 Å². The van der Waals surface area contributed by atoms with Crippen molar-refractivity contribution in [3.05, 3.63) is 65.2 Å². The highest BCUT2D eigenvalue weighted by atomic mass is 19.3. The van der Waals surface area contributed by atoms with Gasteiger partial charge in [0.05, 0.1) is 6.04 Å². The van der Waals surface area contributed by atoms with Gasteiger partial charge in [0.2, 0.25) is 0 Å². The molecule has 0 bridgehead atoms. The van der Waals surface area contributed by atoms with Crippen molar-refractivity contribution in [3.63, 3.8) is 0 Å². The number of hydrogen-bond donors (Lipinski definition) is 0. The SMILES string of the molecule is CN(C)c1cccc(C2CCCN2C(=O)c2ccc(C(C)(F)F)cc2)c1. The van der Waals surface area contributed by atoms with Gasteiger partial charge in [-0.3, -0.25) is 4.79 Å². The van der Waals surface area contributed by atoms with Crippen LogP contribution >= 0.6 is 0 Å². The molecule has 0 radical (unpaired) electrons. The first-order valence-corrected chi connectivity index (χ1v) is 8.84. The van der Waals surface area contributed by atoms with Crippen molar-refractivity contribution >= 4 is 11.6 Å². The molecule has 1 saturated heterocycles. The molecule has 0 spiro atoms. The number of carbonyl (C=O) groups excluding carboxylic acids is 1. The van der Waals surface area contributed by atoms with Gasteiger partial charge in [-0.15, -0.1) is 0 Å². The number of hydrogen-bond acceptors (Lipinski definition) is 2. The minimum absolute atomic E-state index is 0.0229. The molecule has 0 saturated carbocycles. The zero-order valence-electron chi connectivity index (χ0n) is 15.4. The first-order chi connectivity index (χ1) is 12.3. The average Bonchev–Trinajstić information content (AvgIpc) is 3.10. The van der Waals surface area contributed by atoms with E-state index < -0.39 is 5.92 Å². The molecule has 1 aliphatic rings. The smallest absolute Gasteiger partial charge is 0.270 e. The topological polar surface area (TPSA) is 23.6 Å². The summed E-state index contributed by atoms with van der Waals surface area (Å²) in [4.78, 5) is 16.8. The van der Waals surface area contributed by atoms with Crippen LogP contribution in [0.5, 0.6) is 0 Å². The van der Waals surface area contributed by atoms with Crippen LogP contribution in [-0.4, -0.2) is 31.4 Å². The second-order valence-corrected chi connectivity index (χ2v) is 7.11. The highest BCUT2D eigenvalue weighted by molar-refractivity contribution is 5.94. The molecule has 2 aromatic rings. The molecule has 3 rings (SSSR count). The summed E-state index contributed by atoms with van der Waals surface area (Å²) in [6.07, 6.45) is 1.85. The second-order valence-electron chi connectivity index (χ2n) is 7.11. The van der Waals surface area contributed by atoms with E-state index in [1.807, 2.05) is 42.1 Å². The molecule has 1 amide bonds. The zero-order chi connectivity index (χ0) is 18.9. The van der Waals surface area contributed by atoms with Crippen molar-refractivity contribution in [1.82, 2.24) is 4.90 Å². The fraction of sp³-hybridized carbons (Fsp3) is 0.381. The summed E-state index contributed by atoms with van der Waals surface area (Å²) < 4.78 is 26.8. The minimum Gasteiger partial charge on any atom is -0.378 e. The largest absolute Gasteiger partial charge is 0.378 e. The zero-order valence-corrected chi connectivity index (χ0v) is 15.4. The van der Waals surface area contributed by atoms with E-state index in [0.29, 0.717) is 12.1 Å². The monoisotopic (exact) mass is 358 g/mol.